The zero-order chi connectivity index (χ0) is 10.2. The molecular formula is C9H10BF2NO. The molecule has 74 valence electrons. The lowest BCUT2D eigenvalue weighted by molar-refractivity contribution is 0.0920. The van der Waals surface area contributed by atoms with Crippen LogP contribution in [0.4, 0.5) is 8.78 Å². The van der Waals surface area contributed by atoms with Gasteiger partial charge in [-0.2, -0.15) is 4.39 Å². The Hall–Kier alpha value is -1.10. The fraction of sp³-hybridized carbons (Fsp3) is 0.333. The number of rotatable bonds is 2. The second kappa shape index (κ2) is 3.24. The molecule has 0 spiro atoms. The van der Waals surface area contributed by atoms with Crippen molar-refractivity contribution in [1.82, 2.24) is 5.32 Å². The van der Waals surface area contributed by atoms with Gasteiger partial charge in [0.25, 0.3) is 0 Å². The van der Waals surface area contributed by atoms with E-state index in [1.165, 1.54) is 12.1 Å². The molecule has 2 rings (SSSR count). The second-order valence-electron chi connectivity index (χ2n) is 3.71. The highest BCUT2D eigenvalue weighted by Gasteiger charge is 2.34. The third-order valence-corrected chi connectivity index (χ3v) is 2.27. The Morgan fingerprint density at radius 2 is 2.07 bits per heavy atom. The highest BCUT2D eigenvalue weighted by molar-refractivity contribution is 6.15. The minimum absolute atomic E-state index is 0.0194. The van der Waals surface area contributed by atoms with E-state index in [-0.39, 0.29) is 5.75 Å². The lowest BCUT2D eigenvalue weighted by atomic mass is 9.76. The van der Waals surface area contributed by atoms with Crippen molar-refractivity contribution in [1.29, 1.82) is 0 Å². The van der Waals surface area contributed by atoms with E-state index in [1.807, 2.05) is 7.85 Å². The van der Waals surface area contributed by atoms with Crippen molar-refractivity contribution >= 4 is 7.85 Å². The molecule has 1 aromatic rings. The van der Waals surface area contributed by atoms with E-state index < -0.39 is 17.1 Å². The maximum atomic E-state index is 13.2. The number of benzene rings is 1. The van der Waals surface area contributed by atoms with Crippen LogP contribution in [0, 0.1) is 11.6 Å². The standard InChI is InChI=1S/C9H10BF2NO/c10-9(4-13-5-9)14-7-3-1-2-6(11)8(7)12/h1-3,13H,4-5,10H2. The van der Waals surface area contributed by atoms with Gasteiger partial charge in [-0.3, -0.25) is 0 Å². The van der Waals surface area contributed by atoms with Crippen molar-refractivity contribution in [3.63, 3.8) is 0 Å². The van der Waals surface area contributed by atoms with Crippen molar-refractivity contribution in [3.8, 4) is 5.75 Å². The number of hydrogen-bond donors (Lipinski definition) is 1. The van der Waals surface area contributed by atoms with E-state index in [0.717, 1.165) is 6.07 Å². The Labute approximate surface area is 81.7 Å². The molecule has 1 heterocycles. The van der Waals surface area contributed by atoms with Gasteiger partial charge in [0.15, 0.2) is 19.4 Å². The van der Waals surface area contributed by atoms with Crippen molar-refractivity contribution < 1.29 is 13.5 Å². The largest absolute Gasteiger partial charge is 0.491 e. The SMILES string of the molecule is BC1(Oc2cccc(F)c2F)CNC1. The molecule has 1 aliphatic rings. The predicted octanol–water partition coefficient (Wildman–Crippen LogP) is 0.276. The molecule has 1 aromatic carbocycles. The van der Waals surface area contributed by atoms with E-state index in [2.05, 4.69) is 5.32 Å². The van der Waals surface area contributed by atoms with Crippen LogP contribution in [-0.4, -0.2) is 26.4 Å². The molecular weight excluding hydrogens is 187 g/mol. The molecule has 1 fully saturated rings. The second-order valence-corrected chi connectivity index (χ2v) is 3.71. The molecule has 0 aromatic heterocycles. The van der Waals surface area contributed by atoms with Crippen LogP contribution in [0.15, 0.2) is 18.2 Å². The first kappa shape index (κ1) is 9.46. The number of nitrogens with one attached hydrogen (secondary N) is 1. The highest BCUT2D eigenvalue weighted by atomic mass is 19.2. The summed E-state index contributed by atoms with van der Waals surface area (Å²) < 4.78 is 31.3. The molecule has 0 aliphatic carbocycles. The van der Waals surface area contributed by atoms with Crippen LogP contribution in [-0.2, 0) is 0 Å². The average molecular weight is 197 g/mol. The molecule has 0 bridgehead atoms. The van der Waals surface area contributed by atoms with Crippen molar-refractivity contribution in [2.24, 2.45) is 0 Å². The molecule has 0 radical (unpaired) electrons. The Bertz CT molecular complexity index is 355. The van der Waals surface area contributed by atoms with Crippen LogP contribution < -0.4 is 10.1 Å². The predicted molar refractivity (Wildman–Crippen MR) is 51.1 cm³/mol. The molecule has 0 unspecified atom stereocenters. The third kappa shape index (κ3) is 1.59. The first-order chi connectivity index (χ1) is 6.61. The van der Waals surface area contributed by atoms with Gasteiger partial charge < -0.3 is 10.1 Å². The van der Waals surface area contributed by atoms with E-state index in [9.17, 15) is 8.78 Å². The zero-order valence-corrected chi connectivity index (χ0v) is 7.81. The summed E-state index contributed by atoms with van der Waals surface area (Å²) in [5.74, 6) is -1.81. The maximum absolute atomic E-state index is 13.2. The van der Waals surface area contributed by atoms with E-state index >= 15 is 0 Å². The van der Waals surface area contributed by atoms with Crippen molar-refractivity contribution in [2.45, 2.75) is 5.50 Å². The molecule has 0 saturated carbocycles. The van der Waals surface area contributed by atoms with Crippen molar-refractivity contribution in [2.75, 3.05) is 13.1 Å². The molecule has 2 nitrogen and oxygen atoms in total. The third-order valence-electron chi connectivity index (χ3n) is 2.27. The number of hydrogen-bond acceptors (Lipinski definition) is 2. The van der Waals surface area contributed by atoms with Gasteiger partial charge in [0.05, 0.1) is 5.50 Å². The van der Waals surface area contributed by atoms with Gasteiger partial charge in [0.2, 0.25) is 5.82 Å². The lowest BCUT2D eigenvalue weighted by Gasteiger charge is -2.39. The Balaban J connectivity index is 2.20. The first-order valence-electron chi connectivity index (χ1n) is 4.44. The van der Waals surface area contributed by atoms with Crippen LogP contribution in [0.1, 0.15) is 0 Å². The minimum atomic E-state index is -0.916. The summed E-state index contributed by atoms with van der Waals surface area (Å²) >= 11 is 0. The molecule has 1 N–H and O–H groups in total. The summed E-state index contributed by atoms with van der Waals surface area (Å²) in [4.78, 5) is 0. The van der Waals surface area contributed by atoms with Gasteiger partial charge in [0.1, 0.15) is 0 Å². The van der Waals surface area contributed by atoms with Gasteiger partial charge in [-0.1, -0.05) is 6.07 Å². The van der Waals surface area contributed by atoms with Crippen molar-refractivity contribution in [3.05, 3.63) is 29.8 Å². The van der Waals surface area contributed by atoms with Crippen LogP contribution in [0.5, 0.6) is 5.75 Å². The average Bonchev–Trinajstić information content (AvgIpc) is 2.10. The zero-order valence-electron chi connectivity index (χ0n) is 7.81. The Morgan fingerprint density at radius 1 is 1.36 bits per heavy atom. The smallest absolute Gasteiger partial charge is 0.200 e. The quantitative estimate of drug-likeness (QED) is 0.687. The molecule has 1 aliphatic heterocycles. The monoisotopic (exact) mass is 197 g/mol. The highest BCUT2D eigenvalue weighted by Crippen LogP contribution is 2.24. The van der Waals surface area contributed by atoms with Crippen LogP contribution in [0.25, 0.3) is 0 Å². The number of halogens is 2. The van der Waals surface area contributed by atoms with E-state index in [1.54, 1.807) is 0 Å². The molecule has 5 heteroatoms. The van der Waals surface area contributed by atoms with Crippen LogP contribution in [0.2, 0.25) is 0 Å². The first-order valence-corrected chi connectivity index (χ1v) is 4.44. The van der Waals surface area contributed by atoms with Gasteiger partial charge in [-0.05, 0) is 12.1 Å². The number of ether oxygens (including phenoxy) is 1. The minimum Gasteiger partial charge on any atom is -0.491 e. The van der Waals surface area contributed by atoms with E-state index in [4.69, 9.17) is 4.74 Å². The summed E-state index contributed by atoms with van der Waals surface area (Å²) in [6.45, 7) is 1.31. The Morgan fingerprint density at radius 3 is 2.64 bits per heavy atom. The summed E-state index contributed by atoms with van der Waals surface area (Å²) in [5, 5.41) is 3.01. The summed E-state index contributed by atoms with van der Waals surface area (Å²) in [6, 6.07) is 3.94. The van der Waals surface area contributed by atoms with Gasteiger partial charge in [0, 0.05) is 13.1 Å². The molecule has 1 saturated heterocycles. The summed E-state index contributed by atoms with van der Waals surface area (Å²) in [6.07, 6.45) is 0. The van der Waals surface area contributed by atoms with Gasteiger partial charge in [-0.15, -0.1) is 0 Å². The normalized spacial score (nSPS) is 18.7. The van der Waals surface area contributed by atoms with Crippen LogP contribution >= 0.6 is 0 Å². The molecule has 0 atom stereocenters. The Kier molecular flexibility index (Phi) is 2.19. The summed E-state index contributed by atoms with van der Waals surface area (Å²) in [7, 11) is 1.86. The maximum Gasteiger partial charge on any atom is 0.200 e. The molecule has 14 heavy (non-hydrogen) atoms. The fourth-order valence-electron chi connectivity index (χ4n) is 1.38. The van der Waals surface area contributed by atoms with Gasteiger partial charge >= 0.3 is 0 Å². The van der Waals surface area contributed by atoms with Crippen LogP contribution in [0.3, 0.4) is 0 Å². The van der Waals surface area contributed by atoms with E-state index in [0.29, 0.717) is 13.1 Å². The topological polar surface area (TPSA) is 21.3 Å². The lowest BCUT2D eigenvalue weighted by Crippen LogP contribution is -2.63. The fourth-order valence-corrected chi connectivity index (χ4v) is 1.38. The summed E-state index contributed by atoms with van der Waals surface area (Å²) in [5.41, 5.74) is -0.408. The van der Waals surface area contributed by atoms with Gasteiger partial charge in [-0.25, -0.2) is 4.39 Å². The molecule has 0 amide bonds.